The molecule has 84 valence electrons. The summed E-state index contributed by atoms with van der Waals surface area (Å²) in [5, 5.41) is 4.58. The summed E-state index contributed by atoms with van der Waals surface area (Å²) < 4.78 is 1.69. The van der Waals surface area contributed by atoms with E-state index in [1.54, 1.807) is 4.52 Å². The van der Waals surface area contributed by atoms with Crippen LogP contribution in [0.5, 0.6) is 0 Å². The van der Waals surface area contributed by atoms with E-state index in [2.05, 4.69) is 15.1 Å². The van der Waals surface area contributed by atoms with E-state index in [1.165, 1.54) is 6.33 Å². The molecule has 0 unspecified atom stereocenters. The zero-order valence-corrected chi connectivity index (χ0v) is 9.89. The van der Waals surface area contributed by atoms with Crippen LogP contribution in [-0.2, 0) is 0 Å². The van der Waals surface area contributed by atoms with Gasteiger partial charge in [-0.15, -0.1) is 0 Å². The Morgan fingerprint density at radius 1 is 1.18 bits per heavy atom. The first kappa shape index (κ1) is 10.2. The van der Waals surface area contributed by atoms with Crippen molar-refractivity contribution in [3.05, 3.63) is 47.5 Å². The zero-order chi connectivity index (χ0) is 11.8. The van der Waals surface area contributed by atoms with E-state index in [4.69, 9.17) is 11.6 Å². The third kappa shape index (κ3) is 1.57. The van der Waals surface area contributed by atoms with Gasteiger partial charge in [0.05, 0.1) is 5.69 Å². The Labute approximate surface area is 103 Å². The average molecular weight is 245 g/mol. The standard InChI is InChI=1S/C12H9ClN4/c1-8-10(9-5-3-2-4-6-9)11(13)16-12-14-7-15-17(8)12/h2-7H,1H3. The first-order valence-electron chi connectivity index (χ1n) is 5.18. The number of hydrogen-bond donors (Lipinski definition) is 0. The predicted octanol–water partition coefficient (Wildman–Crippen LogP) is 2.75. The van der Waals surface area contributed by atoms with Gasteiger partial charge in [0.15, 0.2) is 0 Å². The van der Waals surface area contributed by atoms with Gasteiger partial charge in [0.2, 0.25) is 0 Å². The molecular weight excluding hydrogens is 236 g/mol. The summed E-state index contributed by atoms with van der Waals surface area (Å²) in [4.78, 5) is 8.26. The second-order valence-corrected chi connectivity index (χ2v) is 4.06. The lowest BCUT2D eigenvalue weighted by Crippen LogP contribution is -2.00. The van der Waals surface area contributed by atoms with E-state index < -0.39 is 0 Å². The van der Waals surface area contributed by atoms with Gasteiger partial charge in [-0.25, -0.2) is 4.52 Å². The lowest BCUT2D eigenvalue weighted by atomic mass is 10.1. The Balaban J connectivity index is 2.36. The molecule has 0 fully saturated rings. The second kappa shape index (κ2) is 3.82. The Bertz CT molecular complexity index is 676. The van der Waals surface area contributed by atoms with E-state index in [0.29, 0.717) is 10.9 Å². The highest BCUT2D eigenvalue weighted by Gasteiger charge is 2.13. The van der Waals surface area contributed by atoms with Crippen LogP contribution in [0.15, 0.2) is 36.7 Å². The second-order valence-electron chi connectivity index (χ2n) is 3.70. The van der Waals surface area contributed by atoms with Gasteiger partial charge in [-0.3, -0.25) is 0 Å². The molecule has 5 heteroatoms. The van der Waals surface area contributed by atoms with E-state index in [-0.39, 0.29) is 0 Å². The van der Waals surface area contributed by atoms with Crippen LogP contribution in [0.3, 0.4) is 0 Å². The van der Waals surface area contributed by atoms with Gasteiger partial charge in [0.1, 0.15) is 11.5 Å². The van der Waals surface area contributed by atoms with Crippen LogP contribution < -0.4 is 0 Å². The molecule has 4 nitrogen and oxygen atoms in total. The summed E-state index contributed by atoms with van der Waals surface area (Å²) in [7, 11) is 0. The van der Waals surface area contributed by atoms with Gasteiger partial charge in [0.25, 0.3) is 5.78 Å². The topological polar surface area (TPSA) is 43.1 Å². The molecule has 0 N–H and O–H groups in total. The average Bonchev–Trinajstić information content (AvgIpc) is 2.78. The highest BCUT2D eigenvalue weighted by Crippen LogP contribution is 2.29. The Morgan fingerprint density at radius 2 is 1.94 bits per heavy atom. The Hall–Kier alpha value is -1.94. The van der Waals surface area contributed by atoms with Crippen LogP contribution in [0.4, 0.5) is 0 Å². The number of nitrogens with zero attached hydrogens (tertiary/aromatic N) is 4. The maximum atomic E-state index is 6.21. The van der Waals surface area contributed by atoms with Gasteiger partial charge in [-0.2, -0.15) is 15.1 Å². The fourth-order valence-corrected chi connectivity index (χ4v) is 2.20. The van der Waals surface area contributed by atoms with Crippen molar-refractivity contribution in [3.63, 3.8) is 0 Å². The predicted molar refractivity (Wildman–Crippen MR) is 66.0 cm³/mol. The van der Waals surface area contributed by atoms with Gasteiger partial charge in [-0.1, -0.05) is 41.9 Å². The zero-order valence-electron chi connectivity index (χ0n) is 9.13. The fraction of sp³-hybridized carbons (Fsp3) is 0.0833. The highest BCUT2D eigenvalue weighted by molar-refractivity contribution is 6.32. The summed E-state index contributed by atoms with van der Waals surface area (Å²) in [6.45, 7) is 1.96. The summed E-state index contributed by atoms with van der Waals surface area (Å²) in [6, 6.07) is 9.90. The minimum atomic E-state index is 0.453. The molecule has 2 heterocycles. The largest absolute Gasteiger partial charge is 0.253 e. The maximum Gasteiger partial charge on any atom is 0.253 e. The van der Waals surface area contributed by atoms with Crippen LogP contribution in [0.2, 0.25) is 5.15 Å². The number of aryl methyl sites for hydroxylation is 1. The van der Waals surface area contributed by atoms with Crippen molar-refractivity contribution >= 4 is 17.4 Å². The van der Waals surface area contributed by atoms with E-state index in [0.717, 1.165) is 16.8 Å². The molecular formula is C12H9ClN4. The molecule has 0 aliphatic heterocycles. The van der Waals surface area contributed by atoms with E-state index in [1.807, 2.05) is 37.3 Å². The van der Waals surface area contributed by atoms with Crippen molar-refractivity contribution in [2.75, 3.05) is 0 Å². The molecule has 0 aliphatic carbocycles. The van der Waals surface area contributed by atoms with Crippen LogP contribution in [0.1, 0.15) is 5.69 Å². The first-order valence-corrected chi connectivity index (χ1v) is 5.56. The number of benzene rings is 1. The number of halogens is 1. The third-order valence-corrected chi connectivity index (χ3v) is 2.95. The van der Waals surface area contributed by atoms with Crippen LogP contribution in [0, 0.1) is 6.92 Å². The number of rotatable bonds is 1. The maximum absolute atomic E-state index is 6.21. The molecule has 0 atom stereocenters. The SMILES string of the molecule is Cc1c(-c2ccccc2)c(Cl)nc2ncnn12. The smallest absolute Gasteiger partial charge is 0.201 e. The molecule has 0 spiro atoms. The van der Waals surface area contributed by atoms with Crippen molar-refractivity contribution in [1.82, 2.24) is 19.6 Å². The van der Waals surface area contributed by atoms with Crippen LogP contribution in [0.25, 0.3) is 16.9 Å². The van der Waals surface area contributed by atoms with Crippen molar-refractivity contribution < 1.29 is 0 Å². The Kier molecular flexibility index (Phi) is 2.30. The quantitative estimate of drug-likeness (QED) is 0.618. The monoisotopic (exact) mass is 244 g/mol. The van der Waals surface area contributed by atoms with E-state index >= 15 is 0 Å². The lowest BCUT2D eigenvalue weighted by Gasteiger charge is -2.08. The third-order valence-electron chi connectivity index (χ3n) is 2.68. The van der Waals surface area contributed by atoms with Crippen molar-refractivity contribution in [2.45, 2.75) is 6.92 Å². The first-order chi connectivity index (χ1) is 8.27. The minimum Gasteiger partial charge on any atom is -0.201 e. The molecule has 1 aromatic carbocycles. The molecule has 0 bridgehead atoms. The molecule has 0 amide bonds. The summed E-state index contributed by atoms with van der Waals surface area (Å²) in [6.07, 6.45) is 1.47. The molecule has 0 aliphatic rings. The van der Waals surface area contributed by atoms with Gasteiger partial charge < -0.3 is 0 Å². The van der Waals surface area contributed by atoms with Crippen LogP contribution >= 0.6 is 11.6 Å². The summed E-state index contributed by atoms with van der Waals surface area (Å²) in [5.74, 6) is 0.521. The number of hydrogen-bond acceptors (Lipinski definition) is 3. The molecule has 0 saturated heterocycles. The highest BCUT2D eigenvalue weighted by atomic mass is 35.5. The van der Waals surface area contributed by atoms with Gasteiger partial charge in [-0.05, 0) is 12.5 Å². The van der Waals surface area contributed by atoms with Crippen molar-refractivity contribution in [3.8, 4) is 11.1 Å². The molecule has 0 saturated carbocycles. The lowest BCUT2D eigenvalue weighted by molar-refractivity contribution is 0.897. The number of aromatic nitrogens is 4. The molecule has 0 radical (unpaired) electrons. The normalized spacial score (nSPS) is 10.9. The molecule has 17 heavy (non-hydrogen) atoms. The fourth-order valence-electron chi connectivity index (χ4n) is 1.88. The summed E-state index contributed by atoms with van der Waals surface area (Å²) >= 11 is 6.21. The number of fused-ring (bicyclic) bond motifs is 1. The minimum absolute atomic E-state index is 0.453. The van der Waals surface area contributed by atoms with Gasteiger partial charge >= 0.3 is 0 Å². The molecule has 2 aromatic heterocycles. The van der Waals surface area contributed by atoms with Crippen molar-refractivity contribution in [2.24, 2.45) is 0 Å². The van der Waals surface area contributed by atoms with Gasteiger partial charge in [0, 0.05) is 5.56 Å². The molecule has 3 aromatic rings. The van der Waals surface area contributed by atoms with E-state index in [9.17, 15) is 0 Å². The van der Waals surface area contributed by atoms with Crippen LogP contribution in [-0.4, -0.2) is 19.6 Å². The summed E-state index contributed by atoms with van der Waals surface area (Å²) in [5.41, 5.74) is 2.86. The Morgan fingerprint density at radius 3 is 2.71 bits per heavy atom. The molecule has 3 rings (SSSR count). The van der Waals surface area contributed by atoms with Crippen molar-refractivity contribution in [1.29, 1.82) is 0 Å².